The van der Waals surface area contributed by atoms with E-state index in [0.717, 1.165) is 78.6 Å². The van der Waals surface area contributed by atoms with Crippen molar-refractivity contribution in [1.29, 1.82) is 0 Å². The molecule has 1 aliphatic carbocycles. The molecule has 1 aromatic carbocycles. The third kappa shape index (κ3) is 7.16. The van der Waals surface area contributed by atoms with Crippen LogP contribution in [-0.2, 0) is 11.2 Å². The molecule has 5 rings (SSSR count). The lowest BCUT2D eigenvalue weighted by atomic mass is 9.84. The van der Waals surface area contributed by atoms with Gasteiger partial charge in [0.1, 0.15) is 5.84 Å². The Morgan fingerprint density at radius 1 is 1.09 bits per heavy atom. The monoisotopic (exact) mass is 595 g/mol. The van der Waals surface area contributed by atoms with Gasteiger partial charge < -0.3 is 4.74 Å². The van der Waals surface area contributed by atoms with Crippen molar-refractivity contribution >= 4 is 18.2 Å². The van der Waals surface area contributed by atoms with Crippen LogP contribution in [0.15, 0.2) is 80.6 Å². The Hall–Kier alpha value is -4.93. The largest absolute Gasteiger partial charge is 0.491 e. The van der Waals surface area contributed by atoms with Crippen molar-refractivity contribution in [2.75, 3.05) is 11.5 Å². The molecule has 228 valence electrons. The standard InChI is InChI=1S/C33H37N7O4/c1-4-6-14-28(37-31(24-10-9-11-24)40(21-41)32-35-19-25(20-36-32)43-5-2)22(3)17-23-15-16-29(34-18-23)26-12-7-8-13-27(26)30-38-33(42)44-39-30/h7-8,12-13,15-16,18-21,24H,4-6,9-11,14,17H2,1-3H3,(H,38,39,42)/b28-22+,37-31?. The molecule has 0 aliphatic heterocycles. The van der Waals surface area contributed by atoms with Crippen molar-refractivity contribution < 1.29 is 14.1 Å². The normalized spacial score (nSPS) is 14.1. The third-order valence-corrected chi connectivity index (χ3v) is 7.67. The molecule has 3 heterocycles. The van der Waals surface area contributed by atoms with Gasteiger partial charge in [0.15, 0.2) is 11.6 Å². The number of aromatic nitrogens is 5. The molecule has 0 atom stereocenters. The number of benzene rings is 1. The Balaban J connectivity index is 1.43. The summed E-state index contributed by atoms with van der Waals surface area (Å²) in [6, 6.07) is 11.6. The predicted octanol–water partition coefficient (Wildman–Crippen LogP) is 6.15. The van der Waals surface area contributed by atoms with Crippen LogP contribution in [-0.4, -0.2) is 43.9 Å². The van der Waals surface area contributed by atoms with E-state index >= 15 is 0 Å². The SMILES string of the molecule is CCCC/C(N=C(C1CCC1)N(C=O)c1ncc(OCC)cn1)=C(/C)Cc1ccc(-c2ccccc2-c2noc(=O)[nH]2)nc1. The number of H-pyrrole nitrogens is 1. The van der Waals surface area contributed by atoms with Gasteiger partial charge in [-0.2, -0.15) is 0 Å². The zero-order chi connectivity index (χ0) is 30.9. The Morgan fingerprint density at radius 2 is 1.86 bits per heavy atom. The van der Waals surface area contributed by atoms with Crippen molar-refractivity contribution in [3.63, 3.8) is 0 Å². The number of aromatic amines is 1. The number of allylic oxidation sites excluding steroid dienone is 2. The van der Waals surface area contributed by atoms with Crippen molar-refractivity contribution in [3.05, 3.63) is 82.4 Å². The molecule has 0 spiro atoms. The summed E-state index contributed by atoms with van der Waals surface area (Å²) in [6.07, 6.45) is 12.3. The number of amidine groups is 1. The maximum atomic E-state index is 12.4. The van der Waals surface area contributed by atoms with E-state index in [1.54, 1.807) is 12.4 Å². The molecule has 0 unspecified atom stereocenters. The molecule has 1 amide bonds. The van der Waals surface area contributed by atoms with E-state index in [1.165, 1.54) is 4.90 Å². The van der Waals surface area contributed by atoms with Gasteiger partial charge in [0.2, 0.25) is 12.4 Å². The molecule has 1 N–H and O–H groups in total. The van der Waals surface area contributed by atoms with E-state index in [0.29, 0.717) is 30.4 Å². The highest BCUT2D eigenvalue weighted by Gasteiger charge is 2.30. The minimum Gasteiger partial charge on any atom is -0.491 e. The van der Waals surface area contributed by atoms with Crippen molar-refractivity contribution in [2.24, 2.45) is 10.9 Å². The summed E-state index contributed by atoms with van der Waals surface area (Å²) < 4.78 is 10.2. The number of amides is 1. The van der Waals surface area contributed by atoms with Crippen LogP contribution in [0.1, 0.15) is 64.9 Å². The number of rotatable bonds is 13. The molecule has 11 heteroatoms. The van der Waals surface area contributed by atoms with E-state index in [4.69, 9.17) is 19.2 Å². The van der Waals surface area contributed by atoms with Gasteiger partial charge >= 0.3 is 5.76 Å². The van der Waals surface area contributed by atoms with Gasteiger partial charge in [-0.1, -0.05) is 55.3 Å². The summed E-state index contributed by atoms with van der Waals surface area (Å²) in [7, 11) is 0. The van der Waals surface area contributed by atoms with Crippen LogP contribution in [0.2, 0.25) is 0 Å². The summed E-state index contributed by atoms with van der Waals surface area (Å²) in [4.78, 5) is 46.7. The average Bonchev–Trinajstić information content (AvgIpc) is 3.46. The molecule has 3 aromatic heterocycles. The number of nitrogens with one attached hydrogen (secondary N) is 1. The van der Waals surface area contributed by atoms with E-state index < -0.39 is 5.76 Å². The second kappa shape index (κ2) is 14.5. The number of hydrogen-bond acceptors (Lipinski definition) is 9. The Morgan fingerprint density at radius 3 is 2.45 bits per heavy atom. The maximum Gasteiger partial charge on any atom is 0.439 e. The summed E-state index contributed by atoms with van der Waals surface area (Å²) >= 11 is 0. The van der Waals surface area contributed by atoms with Crippen molar-refractivity contribution in [2.45, 2.75) is 65.7 Å². The number of aliphatic imine (C=N–C) groups is 1. The van der Waals surface area contributed by atoms with Crippen molar-refractivity contribution in [1.82, 2.24) is 25.1 Å². The molecule has 0 bridgehead atoms. The minimum absolute atomic E-state index is 0.167. The highest BCUT2D eigenvalue weighted by atomic mass is 16.5. The maximum absolute atomic E-state index is 12.4. The van der Waals surface area contributed by atoms with Gasteiger partial charge in [-0.05, 0) is 63.2 Å². The molecule has 44 heavy (non-hydrogen) atoms. The molecule has 11 nitrogen and oxygen atoms in total. The first-order valence-corrected chi connectivity index (χ1v) is 15.1. The molecular weight excluding hydrogens is 558 g/mol. The summed E-state index contributed by atoms with van der Waals surface area (Å²) in [5.74, 6) is 1.45. The lowest BCUT2D eigenvalue weighted by Crippen LogP contribution is -2.39. The fourth-order valence-electron chi connectivity index (χ4n) is 5.09. The lowest BCUT2D eigenvalue weighted by molar-refractivity contribution is -0.106. The van der Waals surface area contributed by atoms with Crippen LogP contribution < -0.4 is 15.4 Å². The van der Waals surface area contributed by atoms with Gasteiger partial charge in [0, 0.05) is 28.9 Å². The Labute approximate surface area is 256 Å². The Bertz CT molecular complexity index is 1670. The van der Waals surface area contributed by atoms with Gasteiger partial charge in [0.25, 0.3) is 0 Å². The van der Waals surface area contributed by atoms with Gasteiger partial charge in [0.05, 0.1) is 24.7 Å². The number of anilines is 1. The van der Waals surface area contributed by atoms with Gasteiger partial charge in [-0.15, -0.1) is 0 Å². The smallest absolute Gasteiger partial charge is 0.439 e. The summed E-state index contributed by atoms with van der Waals surface area (Å²) in [6.45, 7) is 6.66. The second-order valence-corrected chi connectivity index (χ2v) is 10.8. The molecular formula is C33H37N7O4. The molecule has 0 radical (unpaired) electrons. The van der Waals surface area contributed by atoms with Crippen LogP contribution in [0.3, 0.4) is 0 Å². The van der Waals surface area contributed by atoms with Gasteiger partial charge in [-0.25, -0.2) is 24.7 Å². The number of carbonyl (C=O) groups is 1. The fourth-order valence-corrected chi connectivity index (χ4v) is 5.09. The van der Waals surface area contributed by atoms with Crippen LogP contribution >= 0.6 is 0 Å². The second-order valence-electron chi connectivity index (χ2n) is 10.8. The van der Waals surface area contributed by atoms with Crippen molar-refractivity contribution in [3.8, 4) is 28.4 Å². The third-order valence-electron chi connectivity index (χ3n) is 7.67. The topological polar surface area (TPSA) is 139 Å². The minimum atomic E-state index is -0.606. The fraction of sp³-hybridized carbons (Fsp3) is 0.364. The highest BCUT2D eigenvalue weighted by Crippen LogP contribution is 2.32. The number of pyridine rings is 1. The summed E-state index contributed by atoms with van der Waals surface area (Å²) in [5.41, 5.74) is 5.43. The molecule has 1 saturated carbocycles. The van der Waals surface area contributed by atoms with Crippen LogP contribution in [0.5, 0.6) is 5.75 Å². The number of nitrogens with zero attached hydrogens (tertiary/aromatic N) is 6. The van der Waals surface area contributed by atoms with E-state index in [1.807, 2.05) is 49.5 Å². The van der Waals surface area contributed by atoms with Crippen LogP contribution in [0.25, 0.3) is 22.6 Å². The van der Waals surface area contributed by atoms with E-state index in [-0.39, 0.29) is 11.9 Å². The highest BCUT2D eigenvalue weighted by molar-refractivity contribution is 6.10. The lowest BCUT2D eigenvalue weighted by Gasteiger charge is -2.31. The number of ether oxygens (including phenoxy) is 1. The predicted molar refractivity (Wildman–Crippen MR) is 168 cm³/mol. The van der Waals surface area contributed by atoms with E-state index in [9.17, 15) is 9.59 Å². The zero-order valence-electron chi connectivity index (χ0n) is 25.3. The number of unbranched alkanes of at least 4 members (excludes halogenated alkanes) is 1. The quantitative estimate of drug-likeness (QED) is 0.110. The first-order chi connectivity index (χ1) is 21.5. The van der Waals surface area contributed by atoms with Crippen LogP contribution in [0, 0.1) is 5.92 Å². The zero-order valence-corrected chi connectivity index (χ0v) is 25.3. The molecule has 1 fully saturated rings. The molecule has 0 saturated heterocycles. The first-order valence-electron chi connectivity index (χ1n) is 15.1. The summed E-state index contributed by atoms with van der Waals surface area (Å²) in [5, 5.41) is 3.84. The molecule has 4 aromatic rings. The Kier molecular flexibility index (Phi) is 10.1. The van der Waals surface area contributed by atoms with E-state index in [2.05, 4.69) is 34.0 Å². The van der Waals surface area contributed by atoms with Gasteiger partial charge in [-0.3, -0.25) is 19.3 Å². The number of hydrogen-bond donors (Lipinski definition) is 1. The molecule has 1 aliphatic rings. The first kappa shape index (κ1) is 30.5. The van der Waals surface area contributed by atoms with Crippen LogP contribution in [0.4, 0.5) is 5.95 Å². The average molecular weight is 596 g/mol. The number of carbonyl (C=O) groups excluding carboxylic acids is 1.